The largest absolute Gasteiger partial charge is 0.340 e. The maximum Gasteiger partial charge on any atom is 0.238 e. The van der Waals surface area contributed by atoms with Gasteiger partial charge in [-0.05, 0) is 24.3 Å². The van der Waals surface area contributed by atoms with Crippen molar-refractivity contribution >= 4 is 17.5 Å². The Hall–Kier alpha value is -2.39. The molecule has 6 heteroatoms. The second-order valence-electron chi connectivity index (χ2n) is 5.02. The van der Waals surface area contributed by atoms with Crippen LogP contribution in [-0.4, -0.2) is 54.3 Å². The third-order valence-electron chi connectivity index (χ3n) is 3.48. The lowest BCUT2D eigenvalue weighted by Gasteiger charge is -2.33. The van der Waals surface area contributed by atoms with Crippen LogP contribution < -0.4 is 5.32 Å². The lowest BCUT2D eigenvalue weighted by atomic mass is 10.2. The van der Waals surface area contributed by atoms with Gasteiger partial charge in [0, 0.05) is 38.8 Å². The van der Waals surface area contributed by atoms with Crippen molar-refractivity contribution in [1.82, 2.24) is 9.80 Å². The number of nitrogens with one attached hydrogen (secondary N) is 1. The minimum absolute atomic E-state index is 0.0803. The van der Waals surface area contributed by atoms with E-state index in [0.717, 1.165) is 0 Å². The van der Waals surface area contributed by atoms with Crippen LogP contribution in [0.4, 0.5) is 5.69 Å². The summed E-state index contributed by atoms with van der Waals surface area (Å²) in [5, 5.41) is 11.5. The first-order valence-electron chi connectivity index (χ1n) is 6.86. The van der Waals surface area contributed by atoms with Gasteiger partial charge in [-0.15, -0.1) is 0 Å². The van der Waals surface area contributed by atoms with Gasteiger partial charge in [-0.2, -0.15) is 5.26 Å². The Bertz CT molecular complexity index is 554. The van der Waals surface area contributed by atoms with Crippen LogP contribution in [0.1, 0.15) is 12.5 Å². The van der Waals surface area contributed by atoms with Crippen LogP contribution in [0.15, 0.2) is 24.3 Å². The number of nitriles is 1. The van der Waals surface area contributed by atoms with Crippen molar-refractivity contribution < 1.29 is 9.59 Å². The molecule has 0 atom stereocenters. The molecule has 1 saturated heterocycles. The number of rotatable bonds is 3. The lowest BCUT2D eigenvalue weighted by molar-refractivity contribution is -0.130. The molecular formula is C15H18N4O2. The first-order valence-corrected chi connectivity index (χ1v) is 6.86. The molecule has 1 aromatic rings. The minimum atomic E-state index is -0.0871. The Morgan fingerprint density at radius 1 is 1.19 bits per heavy atom. The standard InChI is InChI=1S/C15H18N4O2/c1-12(20)19-8-6-18(7-9-19)11-15(21)17-14-4-2-13(10-16)3-5-14/h2-5H,6-9,11H2,1H3,(H,17,21). The average Bonchev–Trinajstić information content (AvgIpc) is 2.48. The molecule has 1 heterocycles. The number of amides is 2. The van der Waals surface area contributed by atoms with Gasteiger partial charge in [0.25, 0.3) is 0 Å². The van der Waals surface area contributed by atoms with E-state index < -0.39 is 0 Å². The first kappa shape index (κ1) is 15.0. The van der Waals surface area contributed by atoms with Gasteiger partial charge in [-0.1, -0.05) is 0 Å². The number of hydrogen-bond acceptors (Lipinski definition) is 4. The molecule has 0 radical (unpaired) electrons. The predicted molar refractivity (Wildman–Crippen MR) is 78.5 cm³/mol. The summed E-state index contributed by atoms with van der Waals surface area (Å²) in [5.41, 5.74) is 1.25. The predicted octanol–water partition coefficient (Wildman–Crippen LogP) is 0.661. The van der Waals surface area contributed by atoms with Crippen LogP contribution in [0, 0.1) is 11.3 Å². The Kier molecular flexibility index (Phi) is 4.90. The summed E-state index contributed by atoms with van der Waals surface area (Å²) in [6.45, 7) is 4.62. The van der Waals surface area contributed by atoms with Crippen molar-refractivity contribution in [2.75, 3.05) is 38.0 Å². The Morgan fingerprint density at radius 2 is 1.81 bits per heavy atom. The van der Waals surface area contributed by atoms with Gasteiger partial charge in [-0.3, -0.25) is 14.5 Å². The topological polar surface area (TPSA) is 76.4 Å². The maximum absolute atomic E-state index is 12.0. The number of carbonyl (C=O) groups excluding carboxylic acids is 2. The third-order valence-corrected chi connectivity index (χ3v) is 3.48. The van der Waals surface area contributed by atoms with Crippen LogP contribution in [0.3, 0.4) is 0 Å². The number of hydrogen-bond donors (Lipinski definition) is 1. The molecule has 0 aromatic heterocycles. The molecule has 1 fully saturated rings. The fraction of sp³-hybridized carbons (Fsp3) is 0.400. The van der Waals surface area contributed by atoms with Crippen molar-refractivity contribution in [3.05, 3.63) is 29.8 Å². The van der Waals surface area contributed by atoms with Crippen LogP contribution >= 0.6 is 0 Å². The molecule has 2 amide bonds. The average molecular weight is 286 g/mol. The molecule has 0 aliphatic carbocycles. The SMILES string of the molecule is CC(=O)N1CCN(CC(=O)Nc2ccc(C#N)cc2)CC1. The zero-order valence-electron chi connectivity index (χ0n) is 12.0. The van der Waals surface area contributed by atoms with E-state index >= 15 is 0 Å². The van der Waals surface area contributed by atoms with Gasteiger partial charge in [-0.25, -0.2) is 0 Å². The van der Waals surface area contributed by atoms with E-state index in [9.17, 15) is 9.59 Å². The smallest absolute Gasteiger partial charge is 0.238 e. The second kappa shape index (κ2) is 6.86. The summed E-state index contributed by atoms with van der Waals surface area (Å²) < 4.78 is 0. The highest BCUT2D eigenvalue weighted by atomic mass is 16.2. The quantitative estimate of drug-likeness (QED) is 0.885. The Balaban J connectivity index is 1.80. The van der Waals surface area contributed by atoms with E-state index in [1.165, 1.54) is 0 Å². The molecule has 0 bridgehead atoms. The summed E-state index contributed by atoms with van der Waals surface area (Å²) in [6.07, 6.45) is 0. The summed E-state index contributed by atoms with van der Waals surface area (Å²) in [4.78, 5) is 27.0. The maximum atomic E-state index is 12.0. The zero-order valence-corrected chi connectivity index (χ0v) is 12.0. The molecule has 21 heavy (non-hydrogen) atoms. The third kappa shape index (κ3) is 4.29. The van der Waals surface area contributed by atoms with E-state index in [1.807, 2.05) is 11.0 Å². The molecule has 6 nitrogen and oxygen atoms in total. The molecule has 1 aliphatic heterocycles. The molecule has 0 spiro atoms. The Labute approximate surface area is 123 Å². The van der Waals surface area contributed by atoms with Crippen LogP contribution in [-0.2, 0) is 9.59 Å². The molecule has 1 N–H and O–H groups in total. The fourth-order valence-electron chi connectivity index (χ4n) is 2.25. The molecule has 110 valence electrons. The van der Waals surface area contributed by atoms with Gasteiger partial charge in [0.2, 0.25) is 11.8 Å². The monoisotopic (exact) mass is 286 g/mol. The molecule has 0 saturated carbocycles. The molecular weight excluding hydrogens is 268 g/mol. The number of piperazine rings is 1. The first-order chi connectivity index (χ1) is 10.1. The lowest BCUT2D eigenvalue weighted by Crippen LogP contribution is -2.49. The molecule has 2 rings (SSSR count). The summed E-state index contributed by atoms with van der Waals surface area (Å²) in [5.74, 6) is -0.00679. The van der Waals surface area contributed by atoms with E-state index in [1.54, 1.807) is 36.1 Å². The number of anilines is 1. The van der Waals surface area contributed by atoms with Gasteiger partial charge in [0.15, 0.2) is 0 Å². The van der Waals surface area contributed by atoms with Crippen molar-refractivity contribution in [2.24, 2.45) is 0 Å². The second-order valence-corrected chi connectivity index (χ2v) is 5.02. The fourth-order valence-corrected chi connectivity index (χ4v) is 2.25. The molecule has 0 unspecified atom stereocenters. The van der Waals surface area contributed by atoms with Crippen molar-refractivity contribution in [3.63, 3.8) is 0 Å². The Morgan fingerprint density at radius 3 is 2.33 bits per heavy atom. The van der Waals surface area contributed by atoms with Gasteiger partial charge in [0.1, 0.15) is 0 Å². The number of carbonyl (C=O) groups is 2. The van der Waals surface area contributed by atoms with Gasteiger partial charge < -0.3 is 10.2 Å². The number of nitrogens with zero attached hydrogens (tertiary/aromatic N) is 3. The molecule has 1 aliphatic rings. The number of benzene rings is 1. The highest BCUT2D eigenvalue weighted by Gasteiger charge is 2.20. The van der Waals surface area contributed by atoms with Crippen molar-refractivity contribution in [1.29, 1.82) is 5.26 Å². The van der Waals surface area contributed by atoms with E-state index in [4.69, 9.17) is 5.26 Å². The van der Waals surface area contributed by atoms with Crippen LogP contribution in [0.5, 0.6) is 0 Å². The molecule has 1 aromatic carbocycles. The van der Waals surface area contributed by atoms with E-state index in [0.29, 0.717) is 44.0 Å². The van der Waals surface area contributed by atoms with Crippen molar-refractivity contribution in [2.45, 2.75) is 6.92 Å². The summed E-state index contributed by atoms with van der Waals surface area (Å²) in [7, 11) is 0. The van der Waals surface area contributed by atoms with Crippen molar-refractivity contribution in [3.8, 4) is 6.07 Å². The van der Waals surface area contributed by atoms with Gasteiger partial charge >= 0.3 is 0 Å². The highest BCUT2D eigenvalue weighted by molar-refractivity contribution is 5.92. The van der Waals surface area contributed by atoms with Crippen LogP contribution in [0.2, 0.25) is 0 Å². The normalized spacial score (nSPS) is 15.3. The van der Waals surface area contributed by atoms with E-state index in [-0.39, 0.29) is 11.8 Å². The zero-order chi connectivity index (χ0) is 15.2. The van der Waals surface area contributed by atoms with Crippen LogP contribution in [0.25, 0.3) is 0 Å². The highest BCUT2D eigenvalue weighted by Crippen LogP contribution is 2.09. The summed E-state index contributed by atoms with van der Waals surface area (Å²) >= 11 is 0. The minimum Gasteiger partial charge on any atom is -0.340 e. The van der Waals surface area contributed by atoms with Gasteiger partial charge in [0.05, 0.1) is 18.2 Å². The summed E-state index contributed by atoms with van der Waals surface area (Å²) in [6, 6.07) is 8.79. The van der Waals surface area contributed by atoms with E-state index in [2.05, 4.69) is 5.32 Å².